The van der Waals surface area contributed by atoms with Crippen LogP contribution in [0.1, 0.15) is 24.7 Å². The van der Waals surface area contributed by atoms with E-state index in [0.29, 0.717) is 22.2 Å². The summed E-state index contributed by atoms with van der Waals surface area (Å²) in [6.45, 7) is 0. The molecule has 2 aromatic rings. The van der Waals surface area contributed by atoms with Crippen LogP contribution in [0.2, 0.25) is 0 Å². The van der Waals surface area contributed by atoms with Crippen LogP contribution in [0.15, 0.2) is 27.1 Å². The third kappa shape index (κ3) is 1.75. The molecular weight excluding hydrogens is 275 g/mol. The third-order valence-electron chi connectivity index (χ3n) is 2.53. The van der Waals surface area contributed by atoms with E-state index in [9.17, 15) is 4.39 Å². The van der Waals surface area contributed by atoms with Crippen LogP contribution in [-0.2, 0) is 0 Å². The van der Waals surface area contributed by atoms with Crippen molar-refractivity contribution in [1.29, 1.82) is 0 Å². The van der Waals surface area contributed by atoms with Gasteiger partial charge in [0.25, 0.3) is 0 Å². The largest absolute Gasteiger partial charge is 0.420 e. The smallest absolute Gasteiger partial charge is 0.247 e. The molecule has 1 aliphatic rings. The Kier molecular flexibility index (Phi) is 2.28. The summed E-state index contributed by atoms with van der Waals surface area (Å²) in [6.07, 6.45) is 2.24. The topological polar surface area (TPSA) is 38.9 Å². The fourth-order valence-corrected chi connectivity index (χ4v) is 1.85. The number of nitrogens with zero attached hydrogens (tertiary/aromatic N) is 2. The Morgan fingerprint density at radius 1 is 1.31 bits per heavy atom. The van der Waals surface area contributed by atoms with Gasteiger partial charge in [-0.1, -0.05) is 0 Å². The van der Waals surface area contributed by atoms with Crippen LogP contribution in [0.3, 0.4) is 0 Å². The molecule has 0 atom stereocenters. The summed E-state index contributed by atoms with van der Waals surface area (Å²) in [5.41, 5.74) is 0.729. The van der Waals surface area contributed by atoms with Crippen molar-refractivity contribution in [2.45, 2.75) is 18.8 Å². The van der Waals surface area contributed by atoms with E-state index in [4.69, 9.17) is 4.42 Å². The van der Waals surface area contributed by atoms with Crippen molar-refractivity contribution in [2.24, 2.45) is 0 Å². The molecule has 1 fully saturated rings. The van der Waals surface area contributed by atoms with Gasteiger partial charge in [0.05, 0.1) is 4.47 Å². The van der Waals surface area contributed by atoms with Crippen LogP contribution in [0.4, 0.5) is 4.39 Å². The van der Waals surface area contributed by atoms with E-state index in [2.05, 4.69) is 26.1 Å². The maximum absolute atomic E-state index is 13.0. The lowest BCUT2D eigenvalue weighted by molar-refractivity contribution is 0.508. The molecule has 0 saturated heterocycles. The average molecular weight is 283 g/mol. The van der Waals surface area contributed by atoms with Crippen molar-refractivity contribution in [3.63, 3.8) is 0 Å². The molecule has 0 amide bonds. The Balaban J connectivity index is 1.97. The highest BCUT2D eigenvalue weighted by molar-refractivity contribution is 9.10. The van der Waals surface area contributed by atoms with Crippen LogP contribution in [0.5, 0.6) is 0 Å². The van der Waals surface area contributed by atoms with Crippen LogP contribution in [0, 0.1) is 5.82 Å². The molecule has 1 heterocycles. The molecule has 1 aromatic carbocycles. The summed E-state index contributed by atoms with van der Waals surface area (Å²) in [5, 5.41) is 7.94. The van der Waals surface area contributed by atoms with Crippen molar-refractivity contribution in [3.05, 3.63) is 34.4 Å². The molecule has 1 saturated carbocycles. The first-order valence-electron chi connectivity index (χ1n) is 5.03. The summed E-state index contributed by atoms with van der Waals surface area (Å²) in [6, 6.07) is 4.64. The summed E-state index contributed by atoms with van der Waals surface area (Å²) in [7, 11) is 0. The summed E-state index contributed by atoms with van der Waals surface area (Å²) >= 11 is 3.13. The first kappa shape index (κ1) is 9.96. The second-order valence-corrected chi connectivity index (χ2v) is 4.70. The highest BCUT2D eigenvalue weighted by atomic mass is 79.9. The molecule has 3 rings (SSSR count). The van der Waals surface area contributed by atoms with Gasteiger partial charge in [-0.25, -0.2) is 4.39 Å². The fourth-order valence-electron chi connectivity index (χ4n) is 1.48. The molecule has 0 aliphatic heterocycles. The first-order valence-corrected chi connectivity index (χ1v) is 5.82. The van der Waals surface area contributed by atoms with Gasteiger partial charge >= 0.3 is 0 Å². The highest BCUT2D eigenvalue weighted by Gasteiger charge is 2.29. The van der Waals surface area contributed by atoms with E-state index in [-0.39, 0.29) is 5.82 Å². The van der Waals surface area contributed by atoms with Crippen molar-refractivity contribution in [1.82, 2.24) is 10.2 Å². The van der Waals surface area contributed by atoms with Gasteiger partial charge in [-0.2, -0.15) is 0 Å². The SMILES string of the molecule is Fc1ccc(-c2nnc(C3CC3)o2)cc1Br. The maximum Gasteiger partial charge on any atom is 0.247 e. The molecule has 0 radical (unpaired) electrons. The zero-order chi connectivity index (χ0) is 11.1. The van der Waals surface area contributed by atoms with Crippen LogP contribution >= 0.6 is 15.9 Å². The first-order chi connectivity index (χ1) is 7.74. The Bertz CT molecular complexity index is 537. The Hall–Kier alpha value is -1.23. The predicted molar refractivity (Wildman–Crippen MR) is 59.4 cm³/mol. The zero-order valence-corrected chi connectivity index (χ0v) is 9.87. The molecule has 1 aliphatic carbocycles. The van der Waals surface area contributed by atoms with Gasteiger partial charge in [0.15, 0.2) is 0 Å². The monoisotopic (exact) mass is 282 g/mol. The van der Waals surface area contributed by atoms with Crippen LogP contribution in [-0.4, -0.2) is 10.2 Å². The molecular formula is C11H8BrFN2O. The van der Waals surface area contributed by atoms with Gasteiger partial charge in [0.2, 0.25) is 11.8 Å². The standard InChI is InChI=1S/C11H8BrFN2O/c12-8-5-7(3-4-9(8)13)11-15-14-10(16-11)6-1-2-6/h3-6H,1-2H2. The lowest BCUT2D eigenvalue weighted by atomic mass is 10.2. The highest BCUT2D eigenvalue weighted by Crippen LogP contribution is 2.40. The molecule has 5 heteroatoms. The van der Waals surface area contributed by atoms with E-state index in [1.165, 1.54) is 6.07 Å². The van der Waals surface area contributed by atoms with Crippen molar-refractivity contribution in [3.8, 4) is 11.5 Å². The zero-order valence-electron chi connectivity index (χ0n) is 8.28. The molecule has 0 spiro atoms. The molecule has 16 heavy (non-hydrogen) atoms. The molecule has 0 N–H and O–H groups in total. The molecule has 0 bridgehead atoms. The predicted octanol–water partition coefficient (Wildman–Crippen LogP) is 3.52. The van der Waals surface area contributed by atoms with Gasteiger partial charge in [-0.3, -0.25) is 0 Å². The van der Waals surface area contributed by atoms with E-state index < -0.39 is 0 Å². The van der Waals surface area contributed by atoms with Gasteiger partial charge in [-0.05, 0) is 47.0 Å². The van der Waals surface area contributed by atoms with E-state index in [1.54, 1.807) is 12.1 Å². The quantitative estimate of drug-likeness (QED) is 0.846. The van der Waals surface area contributed by atoms with Crippen molar-refractivity contribution in [2.75, 3.05) is 0 Å². The summed E-state index contributed by atoms with van der Waals surface area (Å²) in [5.74, 6) is 1.27. The number of hydrogen-bond acceptors (Lipinski definition) is 3. The lowest BCUT2D eigenvalue weighted by Crippen LogP contribution is -1.81. The van der Waals surface area contributed by atoms with Crippen molar-refractivity contribution >= 4 is 15.9 Å². The number of rotatable bonds is 2. The maximum atomic E-state index is 13.0. The molecule has 1 aromatic heterocycles. The molecule has 3 nitrogen and oxygen atoms in total. The Morgan fingerprint density at radius 2 is 2.12 bits per heavy atom. The van der Waals surface area contributed by atoms with Gasteiger partial charge in [0, 0.05) is 11.5 Å². The van der Waals surface area contributed by atoms with E-state index in [1.807, 2.05) is 0 Å². The second-order valence-electron chi connectivity index (χ2n) is 3.85. The molecule has 82 valence electrons. The fraction of sp³-hybridized carbons (Fsp3) is 0.273. The molecule has 0 unspecified atom stereocenters. The van der Waals surface area contributed by atoms with Crippen LogP contribution < -0.4 is 0 Å². The summed E-state index contributed by atoms with van der Waals surface area (Å²) in [4.78, 5) is 0. The number of halogens is 2. The second kappa shape index (κ2) is 3.66. The van der Waals surface area contributed by atoms with Gasteiger partial charge in [0.1, 0.15) is 5.82 Å². The minimum Gasteiger partial charge on any atom is -0.420 e. The van der Waals surface area contributed by atoms with Crippen LogP contribution in [0.25, 0.3) is 11.5 Å². The number of aromatic nitrogens is 2. The van der Waals surface area contributed by atoms with Gasteiger partial charge < -0.3 is 4.42 Å². The summed E-state index contributed by atoms with van der Waals surface area (Å²) < 4.78 is 19.0. The number of benzene rings is 1. The minimum atomic E-state index is -0.300. The normalized spacial score (nSPS) is 15.4. The number of hydrogen-bond donors (Lipinski definition) is 0. The minimum absolute atomic E-state index is 0.300. The van der Waals surface area contributed by atoms with Crippen molar-refractivity contribution < 1.29 is 8.81 Å². The van der Waals surface area contributed by atoms with E-state index >= 15 is 0 Å². The lowest BCUT2D eigenvalue weighted by Gasteiger charge is -1.97. The van der Waals surface area contributed by atoms with E-state index in [0.717, 1.165) is 18.4 Å². The third-order valence-corrected chi connectivity index (χ3v) is 3.14. The Morgan fingerprint density at radius 3 is 2.81 bits per heavy atom. The van der Waals surface area contributed by atoms with Gasteiger partial charge in [-0.15, -0.1) is 10.2 Å². The average Bonchev–Trinajstić information content (AvgIpc) is 3.01. The Labute approximate surface area is 99.8 Å².